The molecule has 0 aliphatic rings. The summed E-state index contributed by atoms with van der Waals surface area (Å²) in [6, 6.07) is 0. The predicted molar refractivity (Wildman–Crippen MR) is 69.4 cm³/mol. The van der Waals surface area contributed by atoms with E-state index in [0.29, 0.717) is 0 Å². The van der Waals surface area contributed by atoms with Gasteiger partial charge < -0.3 is 9.16 Å². The Bertz CT molecular complexity index is 248. The largest absolute Gasteiger partial charge is 0.468 e. The van der Waals surface area contributed by atoms with Crippen molar-refractivity contribution in [3.8, 4) is 0 Å². The summed E-state index contributed by atoms with van der Waals surface area (Å²) in [7, 11) is -0.551. The first-order chi connectivity index (χ1) is 7.03. The molecule has 0 fully saturated rings. The number of methoxy groups -OCH3 is 1. The Morgan fingerprint density at radius 3 is 2.06 bits per heavy atom. The fraction of sp³-hybridized carbons (Fsp3) is 0.909. The third kappa shape index (κ3) is 4.07. The van der Waals surface area contributed by atoms with Crippen LogP contribution in [0, 0.1) is 0 Å². The minimum absolute atomic E-state index is 0.105. The van der Waals surface area contributed by atoms with Crippen LogP contribution >= 0.6 is 11.6 Å². The van der Waals surface area contributed by atoms with Gasteiger partial charge in [0.2, 0.25) is 0 Å². The zero-order valence-corrected chi connectivity index (χ0v) is 13.0. The molecule has 0 radical (unpaired) electrons. The lowest BCUT2D eigenvalue weighted by Crippen LogP contribution is -2.46. The van der Waals surface area contributed by atoms with E-state index in [1.54, 1.807) is 0 Å². The Hall–Kier alpha value is -0.0631. The molecular weight excluding hydrogens is 244 g/mol. The Kier molecular flexibility index (Phi) is 5.49. The Morgan fingerprint density at radius 2 is 1.75 bits per heavy atom. The molecule has 0 aliphatic heterocycles. The van der Waals surface area contributed by atoms with Gasteiger partial charge in [-0.1, -0.05) is 20.8 Å². The average Bonchev–Trinajstić information content (AvgIpc) is 2.12. The highest BCUT2D eigenvalue weighted by Crippen LogP contribution is 2.37. The van der Waals surface area contributed by atoms with Crippen molar-refractivity contribution in [1.29, 1.82) is 0 Å². The molecule has 0 saturated carbocycles. The molecule has 16 heavy (non-hydrogen) atoms. The van der Waals surface area contributed by atoms with Crippen molar-refractivity contribution in [2.75, 3.05) is 7.11 Å². The zero-order valence-electron chi connectivity index (χ0n) is 11.3. The summed E-state index contributed by atoms with van der Waals surface area (Å²) in [5, 5.41) is -0.632. The van der Waals surface area contributed by atoms with Gasteiger partial charge in [-0.3, -0.25) is 4.79 Å². The average molecular weight is 267 g/mol. The van der Waals surface area contributed by atoms with Gasteiger partial charge in [0, 0.05) is 0 Å². The monoisotopic (exact) mass is 266 g/mol. The summed E-state index contributed by atoms with van der Waals surface area (Å²) in [5.74, 6) is -0.437. The number of ether oxygens (including phenoxy) is 1. The standard InChI is InChI=1S/C11H23ClO3Si/c1-8(9(12)10(13)14-5)15-16(6,7)11(2,3)4/h8-9H,1-7H3/t8-,9+/m1/s1. The number of alkyl halides is 1. The number of carbonyl (C=O) groups excluding carboxylic acids is 1. The summed E-state index contributed by atoms with van der Waals surface area (Å²) >= 11 is 5.96. The Morgan fingerprint density at radius 1 is 1.31 bits per heavy atom. The SMILES string of the molecule is COC(=O)[C@@H](Cl)[C@@H](C)O[Si](C)(C)C(C)(C)C. The molecule has 0 rings (SSSR count). The highest BCUT2D eigenvalue weighted by molar-refractivity contribution is 6.74. The molecular formula is C11H23ClO3Si. The fourth-order valence-electron chi connectivity index (χ4n) is 1.01. The molecule has 5 heteroatoms. The van der Waals surface area contributed by atoms with Crippen molar-refractivity contribution in [2.45, 2.75) is 57.3 Å². The lowest BCUT2D eigenvalue weighted by atomic mass is 10.2. The zero-order chi connectivity index (χ0) is 13.1. The van der Waals surface area contributed by atoms with Crippen LogP contribution in [0.2, 0.25) is 18.1 Å². The number of halogens is 1. The summed E-state index contributed by atoms with van der Waals surface area (Å²) in [4.78, 5) is 11.3. The fourth-order valence-corrected chi connectivity index (χ4v) is 2.65. The quantitative estimate of drug-likeness (QED) is 0.445. The van der Waals surface area contributed by atoms with E-state index in [-0.39, 0.29) is 11.1 Å². The van der Waals surface area contributed by atoms with Gasteiger partial charge in [-0.15, -0.1) is 11.6 Å². The number of hydrogen-bond acceptors (Lipinski definition) is 3. The van der Waals surface area contributed by atoms with Crippen LogP contribution < -0.4 is 0 Å². The molecule has 0 saturated heterocycles. The molecule has 3 nitrogen and oxygen atoms in total. The second-order valence-corrected chi connectivity index (χ2v) is 10.7. The van der Waals surface area contributed by atoms with E-state index in [1.165, 1.54) is 7.11 Å². The summed E-state index contributed by atoms with van der Waals surface area (Å²) in [6.45, 7) is 12.5. The molecule has 0 aromatic carbocycles. The molecule has 0 aromatic heterocycles. The summed E-state index contributed by atoms with van der Waals surface area (Å²) < 4.78 is 10.6. The van der Waals surface area contributed by atoms with Crippen molar-refractivity contribution in [3.63, 3.8) is 0 Å². The molecule has 0 amide bonds. The lowest BCUT2D eigenvalue weighted by molar-refractivity contribution is -0.141. The maximum atomic E-state index is 11.3. The van der Waals surface area contributed by atoms with Gasteiger partial charge in [0.1, 0.15) is 0 Å². The van der Waals surface area contributed by atoms with E-state index in [4.69, 9.17) is 16.0 Å². The minimum atomic E-state index is -1.88. The molecule has 0 bridgehead atoms. The molecule has 2 atom stereocenters. The molecule has 0 N–H and O–H groups in total. The van der Waals surface area contributed by atoms with Crippen LogP contribution in [0.1, 0.15) is 27.7 Å². The molecule has 0 spiro atoms. The van der Waals surface area contributed by atoms with Crippen LogP contribution in [0.5, 0.6) is 0 Å². The van der Waals surface area contributed by atoms with Crippen molar-refractivity contribution in [3.05, 3.63) is 0 Å². The van der Waals surface area contributed by atoms with E-state index < -0.39 is 19.7 Å². The van der Waals surface area contributed by atoms with Crippen molar-refractivity contribution in [2.24, 2.45) is 0 Å². The normalized spacial score (nSPS) is 16.8. The summed E-state index contributed by atoms with van der Waals surface area (Å²) in [5.41, 5.74) is 0. The minimum Gasteiger partial charge on any atom is -0.468 e. The first-order valence-corrected chi connectivity index (χ1v) is 8.77. The third-order valence-corrected chi connectivity index (χ3v) is 8.23. The van der Waals surface area contributed by atoms with Crippen LogP contribution in [0.4, 0.5) is 0 Å². The van der Waals surface area contributed by atoms with E-state index >= 15 is 0 Å². The second-order valence-electron chi connectivity index (χ2n) is 5.51. The smallest absolute Gasteiger partial charge is 0.326 e. The first kappa shape index (κ1) is 15.9. The van der Waals surface area contributed by atoms with Gasteiger partial charge in [0.15, 0.2) is 13.7 Å². The maximum Gasteiger partial charge on any atom is 0.326 e. The second kappa shape index (κ2) is 5.51. The van der Waals surface area contributed by atoms with E-state index in [2.05, 4.69) is 38.6 Å². The van der Waals surface area contributed by atoms with Crippen LogP contribution in [-0.2, 0) is 14.0 Å². The highest BCUT2D eigenvalue weighted by atomic mass is 35.5. The van der Waals surface area contributed by atoms with E-state index in [1.807, 2.05) is 6.92 Å². The van der Waals surface area contributed by atoms with Gasteiger partial charge in [-0.25, -0.2) is 0 Å². The lowest BCUT2D eigenvalue weighted by Gasteiger charge is -2.39. The van der Waals surface area contributed by atoms with Gasteiger partial charge in [-0.2, -0.15) is 0 Å². The molecule has 0 unspecified atom stereocenters. The van der Waals surface area contributed by atoms with Gasteiger partial charge in [0.25, 0.3) is 0 Å². The predicted octanol–water partition coefficient (Wildman–Crippen LogP) is 3.18. The van der Waals surface area contributed by atoms with Crippen LogP contribution in [0.3, 0.4) is 0 Å². The van der Waals surface area contributed by atoms with Gasteiger partial charge >= 0.3 is 5.97 Å². The van der Waals surface area contributed by atoms with E-state index in [9.17, 15) is 4.79 Å². The molecule has 0 heterocycles. The maximum absolute atomic E-state index is 11.3. The first-order valence-electron chi connectivity index (χ1n) is 5.42. The molecule has 0 aliphatic carbocycles. The van der Waals surface area contributed by atoms with Gasteiger partial charge in [0.05, 0.1) is 13.2 Å². The van der Waals surface area contributed by atoms with Gasteiger partial charge in [-0.05, 0) is 25.1 Å². The third-order valence-electron chi connectivity index (χ3n) is 3.13. The summed E-state index contributed by atoms with van der Waals surface area (Å²) in [6.07, 6.45) is -0.324. The topological polar surface area (TPSA) is 35.5 Å². The van der Waals surface area contributed by atoms with Crippen LogP contribution in [0.25, 0.3) is 0 Å². The number of hydrogen-bond donors (Lipinski definition) is 0. The van der Waals surface area contributed by atoms with E-state index in [0.717, 1.165) is 0 Å². The van der Waals surface area contributed by atoms with Crippen molar-refractivity contribution < 1.29 is 14.0 Å². The number of rotatable bonds is 4. The van der Waals surface area contributed by atoms with Crippen molar-refractivity contribution >= 4 is 25.9 Å². The highest BCUT2D eigenvalue weighted by Gasteiger charge is 2.40. The van der Waals surface area contributed by atoms with Crippen LogP contribution in [0.15, 0.2) is 0 Å². The van der Waals surface area contributed by atoms with Crippen molar-refractivity contribution in [1.82, 2.24) is 0 Å². The molecule has 96 valence electrons. The van der Waals surface area contributed by atoms with Crippen LogP contribution in [-0.4, -0.2) is 32.9 Å². The Balaban J connectivity index is 4.56. The number of esters is 1. The number of carbonyl (C=O) groups is 1. The molecule has 0 aromatic rings. The Labute approximate surface area is 105 Å².